The van der Waals surface area contributed by atoms with E-state index in [0.29, 0.717) is 17.0 Å². The van der Waals surface area contributed by atoms with Crippen LogP contribution in [-0.4, -0.2) is 33.3 Å². The van der Waals surface area contributed by atoms with Crippen molar-refractivity contribution in [2.45, 2.75) is 32.5 Å². The molecule has 158 valence electrons. The number of methoxy groups -OCH3 is 1. The zero-order valence-corrected chi connectivity index (χ0v) is 16.6. The fourth-order valence-electron chi connectivity index (χ4n) is 3.16. The third-order valence-corrected chi connectivity index (χ3v) is 4.54. The lowest BCUT2D eigenvalue weighted by Gasteiger charge is -2.19. The molecule has 0 saturated heterocycles. The Hall–Kier alpha value is -3.34. The normalized spacial score (nSPS) is 16.3. The summed E-state index contributed by atoms with van der Waals surface area (Å²) >= 11 is 0. The summed E-state index contributed by atoms with van der Waals surface area (Å²) in [4.78, 5) is 14.1. The molecule has 2 aromatic heterocycles. The standard InChI is InChI=1S/C19H19F3N6O2/c1-9(11-5-10(20)6-13(21)15(11)29-4)24-17-14(22)8-28-18(25-17)12(7-23-28)16-26-19(2,3)30-27-16/h5-9H,1-4H3,(H,24,25)(H,26,27)/t9-/m1/s1. The number of fused-ring (bicyclic) bond motifs is 1. The highest BCUT2D eigenvalue weighted by Gasteiger charge is 2.29. The van der Waals surface area contributed by atoms with Gasteiger partial charge in [-0.1, -0.05) is 0 Å². The monoisotopic (exact) mass is 420 g/mol. The van der Waals surface area contributed by atoms with Crippen LogP contribution in [0, 0.1) is 17.5 Å². The second-order valence-corrected chi connectivity index (χ2v) is 7.25. The van der Waals surface area contributed by atoms with E-state index in [1.807, 2.05) is 0 Å². The third-order valence-electron chi connectivity index (χ3n) is 4.54. The lowest BCUT2D eigenvalue weighted by molar-refractivity contribution is -0.0269. The number of nitrogens with zero attached hydrogens (tertiary/aromatic N) is 4. The minimum Gasteiger partial charge on any atom is -0.493 e. The predicted molar refractivity (Wildman–Crippen MR) is 103 cm³/mol. The molecular weight excluding hydrogens is 401 g/mol. The number of aromatic nitrogens is 3. The number of ether oxygens (including phenoxy) is 1. The van der Waals surface area contributed by atoms with Gasteiger partial charge in [-0.05, 0) is 26.8 Å². The molecule has 1 aliphatic rings. The number of aliphatic imine (C=N–C) groups is 1. The van der Waals surface area contributed by atoms with Crippen LogP contribution < -0.4 is 15.5 Å². The van der Waals surface area contributed by atoms with Crippen LogP contribution in [0.5, 0.6) is 5.75 Å². The molecule has 0 amide bonds. The van der Waals surface area contributed by atoms with Crippen molar-refractivity contribution in [1.29, 1.82) is 0 Å². The molecule has 0 unspecified atom stereocenters. The molecule has 2 N–H and O–H groups in total. The quantitative estimate of drug-likeness (QED) is 0.659. The maximum atomic E-state index is 14.6. The van der Waals surface area contributed by atoms with E-state index >= 15 is 0 Å². The Bertz CT molecular complexity index is 1160. The number of rotatable bonds is 5. The first-order chi connectivity index (χ1) is 14.2. The maximum absolute atomic E-state index is 14.6. The maximum Gasteiger partial charge on any atom is 0.183 e. The van der Waals surface area contributed by atoms with Gasteiger partial charge >= 0.3 is 0 Å². The summed E-state index contributed by atoms with van der Waals surface area (Å²) in [7, 11) is 1.27. The summed E-state index contributed by atoms with van der Waals surface area (Å²) in [5.41, 5.74) is 2.95. The van der Waals surface area contributed by atoms with E-state index in [1.54, 1.807) is 20.8 Å². The van der Waals surface area contributed by atoms with Crippen molar-refractivity contribution in [2.75, 3.05) is 12.4 Å². The van der Waals surface area contributed by atoms with Crippen LogP contribution in [0.3, 0.4) is 0 Å². The van der Waals surface area contributed by atoms with Gasteiger partial charge in [-0.15, -0.1) is 0 Å². The Labute approximate surface area is 169 Å². The molecule has 3 heterocycles. The summed E-state index contributed by atoms with van der Waals surface area (Å²) < 4.78 is 48.6. The zero-order chi connectivity index (χ0) is 21.6. The summed E-state index contributed by atoms with van der Waals surface area (Å²) in [5, 5.41) is 6.93. The van der Waals surface area contributed by atoms with E-state index in [4.69, 9.17) is 9.57 Å². The molecule has 11 heteroatoms. The molecule has 0 radical (unpaired) electrons. The van der Waals surface area contributed by atoms with Crippen LogP contribution in [0.1, 0.15) is 37.9 Å². The molecule has 1 atom stereocenters. The highest BCUT2D eigenvalue weighted by molar-refractivity contribution is 6.03. The van der Waals surface area contributed by atoms with Crippen molar-refractivity contribution in [1.82, 2.24) is 20.1 Å². The minimum atomic E-state index is -0.851. The van der Waals surface area contributed by atoms with Crippen LogP contribution in [0.15, 0.2) is 29.5 Å². The van der Waals surface area contributed by atoms with Gasteiger partial charge in [0, 0.05) is 11.6 Å². The summed E-state index contributed by atoms with van der Waals surface area (Å²) in [6.07, 6.45) is 2.63. The number of anilines is 1. The first-order valence-electron chi connectivity index (χ1n) is 9.06. The van der Waals surface area contributed by atoms with E-state index in [9.17, 15) is 13.2 Å². The third kappa shape index (κ3) is 3.52. The van der Waals surface area contributed by atoms with E-state index in [0.717, 1.165) is 18.3 Å². The second kappa shape index (κ2) is 7.17. The predicted octanol–water partition coefficient (Wildman–Crippen LogP) is 3.35. The van der Waals surface area contributed by atoms with Gasteiger partial charge in [-0.2, -0.15) is 5.10 Å². The van der Waals surface area contributed by atoms with Gasteiger partial charge in [0.25, 0.3) is 0 Å². The van der Waals surface area contributed by atoms with Crippen LogP contribution in [-0.2, 0) is 4.84 Å². The Morgan fingerprint density at radius 3 is 2.67 bits per heavy atom. The van der Waals surface area contributed by atoms with Gasteiger partial charge in [0.1, 0.15) is 5.82 Å². The lowest BCUT2D eigenvalue weighted by atomic mass is 10.1. The largest absolute Gasteiger partial charge is 0.493 e. The molecule has 8 nitrogen and oxygen atoms in total. The molecular formula is C19H19F3N6O2. The van der Waals surface area contributed by atoms with Gasteiger partial charge in [0.2, 0.25) is 0 Å². The van der Waals surface area contributed by atoms with Crippen LogP contribution in [0.25, 0.3) is 5.65 Å². The molecule has 4 rings (SSSR count). The Balaban J connectivity index is 1.72. The number of nitrogens with one attached hydrogen (secondary N) is 2. The van der Waals surface area contributed by atoms with Gasteiger partial charge in [-0.25, -0.2) is 38.0 Å². The number of hydroxylamine groups is 1. The Kier molecular flexibility index (Phi) is 4.77. The number of amidine groups is 1. The first kappa shape index (κ1) is 20.0. The zero-order valence-electron chi connectivity index (χ0n) is 16.6. The number of hydrogen-bond donors (Lipinski definition) is 2. The molecule has 0 saturated carbocycles. The molecule has 30 heavy (non-hydrogen) atoms. The average Bonchev–Trinajstić information content (AvgIpc) is 3.23. The van der Waals surface area contributed by atoms with Crippen molar-refractivity contribution in [2.24, 2.45) is 4.99 Å². The summed E-state index contributed by atoms with van der Waals surface area (Å²) in [5.74, 6) is -2.17. The van der Waals surface area contributed by atoms with Crippen molar-refractivity contribution < 1.29 is 22.7 Å². The van der Waals surface area contributed by atoms with Gasteiger partial charge in [0.05, 0.1) is 31.1 Å². The van der Waals surface area contributed by atoms with E-state index in [-0.39, 0.29) is 17.1 Å². The molecule has 0 bridgehead atoms. The van der Waals surface area contributed by atoms with Crippen molar-refractivity contribution in [3.8, 4) is 5.75 Å². The number of benzene rings is 1. The molecule has 0 spiro atoms. The number of hydrogen-bond acceptors (Lipinski definition) is 7. The molecule has 0 aliphatic carbocycles. The van der Waals surface area contributed by atoms with E-state index in [1.165, 1.54) is 17.8 Å². The summed E-state index contributed by atoms with van der Waals surface area (Å²) in [6.45, 7) is 5.15. The summed E-state index contributed by atoms with van der Waals surface area (Å²) in [6, 6.07) is 1.12. The molecule has 3 aromatic rings. The molecule has 1 aromatic carbocycles. The highest BCUT2D eigenvalue weighted by atomic mass is 19.1. The number of halogens is 3. The average molecular weight is 420 g/mol. The first-order valence-corrected chi connectivity index (χ1v) is 9.06. The van der Waals surface area contributed by atoms with Crippen LogP contribution >= 0.6 is 0 Å². The van der Waals surface area contributed by atoms with Gasteiger partial charge in [0.15, 0.2) is 40.4 Å². The SMILES string of the molecule is COc1c(F)cc(F)cc1[C@@H](C)Nc1nc2c(C3=NC(C)(C)ON3)cnn2cc1F. The Morgan fingerprint density at radius 1 is 1.23 bits per heavy atom. The smallest absolute Gasteiger partial charge is 0.183 e. The van der Waals surface area contributed by atoms with Crippen LogP contribution in [0.2, 0.25) is 0 Å². The van der Waals surface area contributed by atoms with E-state index in [2.05, 4.69) is 25.9 Å². The van der Waals surface area contributed by atoms with Crippen LogP contribution in [0.4, 0.5) is 19.0 Å². The second-order valence-electron chi connectivity index (χ2n) is 7.25. The lowest BCUT2D eigenvalue weighted by Crippen LogP contribution is -2.23. The Morgan fingerprint density at radius 2 is 2.00 bits per heavy atom. The highest BCUT2D eigenvalue weighted by Crippen LogP contribution is 2.31. The van der Waals surface area contributed by atoms with Crippen molar-refractivity contribution in [3.05, 3.63) is 53.1 Å². The fraction of sp³-hybridized carbons (Fsp3) is 0.316. The van der Waals surface area contributed by atoms with Crippen molar-refractivity contribution >= 4 is 17.3 Å². The van der Waals surface area contributed by atoms with E-state index < -0.39 is 29.2 Å². The fourth-order valence-corrected chi connectivity index (χ4v) is 3.16. The minimum absolute atomic E-state index is 0.123. The molecule has 0 fully saturated rings. The van der Waals surface area contributed by atoms with Gasteiger partial charge < -0.3 is 10.1 Å². The van der Waals surface area contributed by atoms with Gasteiger partial charge in [-0.3, -0.25) is 0 Å². The van der Waals surface area contributed by atoms with Crippen molar-refractivity contribution in [3.63, 3.8) is 0 Å². The topological polar surface area (TPSA) is 85.1 Å². The molecule has 1 aliphatic heterocycles.